The number of nitrogens with zero attached hydrogens (tertiary/aromatic N) is 1. The highest BCUT2D eigenvalue weighted by Gasteiger charge is 2.28. The van der Waals surface area contributed by atoms with Gasteiger partial charge in [-0.2, -0.15) is 0 Å². The average Bonchev–Trinajstić information content (AvgIpc) is 2.97. The number of aromatic carboxylic acids is 1. The number of hydrogen-bond acceptors (Lipinski definition) is 4. The standard InChI is InChI=1S/C16H23NO5/c1-3-13-12(16(19)20)8-14(22-13)15(18)17-7-5-6-11(9-17)10-21-4-2/h8,11H,3-7,9-10H2,1-2H3,(H,19,20). The number of carboxylic acids is 1. The molecule has 6 heteroatoms. The lowest BCUT2D eigenvalue weighted by atomic mass is 9.99. The van der Waals surface area contributed by atoms with E-state index >= 15 is 0 Å². The van der Waals surface area contributed by atoms with Gasteiger partial charge in [0.1, 0.15) is 11.3 Å². The monoisotopic (exact) mass is 309 g/mol. The number of furan rings is 1. The number of carbonyl (C=O) groups excluding carboxylic acids is 1. The van der Waals surface area contributed by atoms with E-state index in [1.807, 2.05) is 6.92 Å². The molecule has 0 aliphatic carbocycles. The fraction of sp³-hybridized carbons (Fsp3) is 0.625. The Morgan fingerprint density at radius 2 is 2.23 bits per heavy atom. The topological polar surface area (TPSA) is 80.0 Å². The van der Waals surface area contributed by atoms with Crippen molar-refractivity contribution in [3.63, 3.8) is 0 Å². The van der Waals surface area contributed by atoms with Gasteiger partial charge in [0.2, 0.25) is 0 Å². The lowest BCUT2D eigenvalue weighted by Crippen LogP contribution is -2.41. The van der Waals surface area contributed by atoms with Crippen LogP contribution in [0.1, 0.15) is 53.4 Å². The van der Waals surface area contributed by atoms with E-state index in [0.717, 1.165) is 12.8 Å². The van der Waals surface area contributed by atoms with Crippen LogP contribution < -0.4 is 0 Å². The van der Waals surface area contributed by atoms with Crippen molar-refractivity contribution >= 4 is 11.9 Å². The van der Waals surface area contributed by atoms with Gasteiger partial charge in [-0.3, -0.25) is 4.79 Å². The summed E-state index contributed by atoms with van der Waals surface area (Å²) < 4.78 is 10.9. The summed E-state index contributed by atoms with van der Waals surface area (Å²) in [6, 6.07) is 1.34. The van der Waals surface area contributed by atoms with Crippen molar-refractivity contribution in [2.75, 3.05) is 26.3 Å². The predicted octanol–water partition coefficient (Wildman–Crippen LogP) is 2.43. The van der Waals surface area contributed by atoms with Gasteiger partial charge in [-0.1, -0.05) is 6.92 Å². The minimum absolute atomic E-state index is 0.0775. The van der Waals surface area contributed by atoms with E-state index in [2.05, 4.69) is 0 Å². The minimum atomic E-state index is -1.06. The summed E-state index contributed by atoms with van der Waals surface area (Å²) in [4.78, 5) is 25.4. The first-order valence-electron chi connectivity index (χ1n) is 7.79. The zero-order valence-corrected chi connectivity index (χ0v) is 13.1. The first kappa shape index (κ1) is 16.5. The molecule has 22 heavy (non-hydrogen) atoms. The molecule has 2 heterocycles. The van der Waals surface area contributed by atoms with Gasteiger partial charge < -0.3 is 19.2 Å². The van der Waals surface area contributed by atoms with Crippen LogP contribution >= 0.6 is 0 Å². The van der Waals surface area contributed by atoms with Gasteiger partial charge in [0.25, 0.3) is 5.91 Å². The number of likely N-dealkylation sites (tertiary alicyclic amines) is 1. The maximum Gasteiger partial charge on any atom is 0.339 e. The first-order chi connectivity index (χ1) is 10.6. The Bertz CT molecular complexity index is 537. The van der Waals surface area contributed by atoms with Crippen LogP contribution in [0.3, 0.4) is 0 Å². The number of aryl methyl sites for hydroxylation is 1. The second kappa shape index (κ2) is 7.45. The molecular formula is C16H23NO5. The van der Waals surface area contributed by atoms with E-state index in [1.165, 1.54) is 6.07 Å². The number of amides is 1. The van der Waals surface area contributed by atoms with E-state index in [1.54, 1.807) is 11.8 Å². The van der Waals surface area contributed by atoms with E-state index in [9.17, 15) is 9.59 Å². The molecule has 1 unspecified atom stereocenters. The van der Waals surface area contributed by atoms with Crippen molar-refractivity contribution in [1.29, 1.82) is 0 Å². The molecule has 1 atom stereocenters. The molecule has 1 N–H and O–H groups in total. The third-order valence-electron chi connectivity index (χ3n) is 3.94. The molecule has 1 aliphatic heterocycles. The molecule has 0 bridgehead atoms. The molecule has 6 nitrogen and oxygen atoms in total. The van der Waals surface area contributed by atoms with Gasteiger partial charge in [0.15, 0.2) is 5.76 Å². The van der Waals surface area contributed by atoms with Gasteiger partial charge >= 0.3 is 5.97 Å². The quantitative estimate of drug-likeness (QED) is 0.873. The summed E-state index contributed by atoms with van der Waals surface area (Å²) in [7, 11) is 0. The van der Waals surface area contributed by atoms with Crippen molar-refractivity contribution in [3.8, 4) is 0 Å². The van der Waals surface area contributed by atoms with Gasteiger partial charge in [0, 0.05) is 32.2 Å². The summed E-state index contributed by atoms with van der Waals surface area (Å²) in [5.41, 5.74) is 0.0775. The van der Waals surface area contributed by atoms with Crippen LogP contribution in [0.2, 0.25) is 0 Å². The molecule has 2 rings (SSSR count). The number of hydrogen-bond donors (Lipinski definition) is 1. The second-order valence-corrected chi connectivity index (χ2v) is 5.53. The van der Waals surface area contributed by atoms with E-state index in [-0.39, 0.29) is 17.2 Å². The summed E-state index contributed by atoms with van der Waals surface area (Å²) in [5.74, 6) is -0.502. The smallest absolute Gasteiger partial charge is 0.339 e. The van der Waals surface area contributed by atoms with Crippen molar-refractivity contribution in [2.24, 2.45) is 5.92 Å². The van der Waals surface area contributed by atoms with Crippen LogP contribution in [0.25, 0.3) is 0 Å². The SMILES string of the molecule is CCOCC1CCCN(C(=O)c2cc(C(=O)O)c(CC)o2)C1. The van der Waals surface area contributed by atoms with E-state index in [0.29, 0.717) is 44.4 Å². The van der Waals surface area contributed by atoms with Crippen LogP contribution in [-0.2, 0) is 11.2 Å². The highest BCUT2D eigenvalue weighted by atomic mass is 16.5. The highest BCUT2D eigenvalue weighted by molar-refractivity contribution is 5.96. The Hall–Kier alpha value is -1.82. The summed E-state index contributed by atoms with van der Waals surface area (Å²) in [5, 5.41) is 9.14. The summed E-state index contributed by atoms with van der Waals surface area (Å²) >= 11 is 0. The Balaban J connectivity index is 2.09. The van der Waals surface area contributed by atoms with Crippen molar-refractivity contribution in [3.05, 3.63) is 23.2 Å². The zero-order chi connectivity index (χ0) is 16.1. The molecule has 0 aromatic carbocycles. The van der Waals surface area contributed by atoms with E-state index < -0.39 is 5.97 Å². The first-order valence-corrected chi connectivity index (χ1v) is 7.79. The normalized spacial score (nSPS) is 18.5. The molecule has 1 fully saturated rings. The zero-order valence-electron chi connectivity index (χ0n) is 13.1. The highest BCUT2D eigenvalue weighted by Crippen LogP contribution is 2.22. The van der Waals surface area contributed by atoms with Crippen LogP contribution in [0.5, 0.6) is 0 Å². The number of carboxylic acid groups (broad SMARTS) is 1. The maximum atomic E-state index is 12.5. The second-order valence-electron chi connectivity index (χ2n) is 5.53. The van der Waals surface area contributed by atoms with Crippen LogP contribution in [0.15, 0.2) is 10.5 Å². The Morgan fingerprint density at radius 3 is 2.82 bits per heavy atom. The molecular weight excluding hydrogens is 286 g/mol. The minimum Gasteiger partial charge on any atom is -0.478 e. The lowest BCUT2D eigenvalue weighted by molar-refractivity contribution is 0.0476. The van der Waals surface area contributed by atoms with Gasteiger partial charge in [-0.15, -0.1) is 0 Å². The van der Waals surface area contributed by atoms with E-state index in [4.69, 9.17) is 14.3 Å². The molecule has 1 amide bonds. The van der Waals surface area contributed by atoms with Crippen molar-refractivity contribution < 1.29 is 23.8 Å². The van der Waals surface area contributed by atoms with Crippen molar-refractivity contribution in [2.45, 2.75) is 33.1 Å². The predicted molar refractivity (Wildman–Crippen MR) is 80.2 cm³/mol. The number of carbonyl (C=O) groups is 2. The molecule has 122 valence electrons. The number of piperidine rings is 1. The molecule has 1 aromatic heterocycles. The lowest BCUT2D eigenvalue weighted by Gasteiger charge is -2.32. The largest absolute Gasteiger partial charge is 0.478 e. The van der Waals surface area contributed by atoms with Crippen LogP contribution in [0.4, 0.5) is 0 Å². The Kier molecular flexibility index (Phi) is 5.60. The third-order valence-corrected chi connectivity index (χ3v) is 3.94. The Labute approximate surface area is 130 Å². The summed E-state index contributed by atoms with van der Waals surface area (Å²) in [6.45, 7) is 6.38. The molecule has 0 spiro atoms. The molecule has 1 aromatic rings. The fourth-order valence-electron chi connectivity index (χ4n) is 2.80. The van der Waals surface area contributed by atoms with Crippen LogP contribution in [0, 0.1) is 5.92 Å². The molecule has 1 saturated heterocycles. The van der Waals surface area contributed by atoms with Crippen molar-refractivity contribution in [1.82, 2.24) is 4.90 Å². The number of rotatable bonds is 6. The Morgan fingerprint density at radius 1 is 1.45 bits per heavy atom. The average molecular weight is 309 g/mol. The molecule has 0 radical (unpaired) electrons. The maximum absolute atomic E-state index is 12.5. The fourth-order valence-corrected chi connectivity index (χ4v) is 2.80. The van der Waals surface area contributed by atoms with Gasteiger partial charge in [-0.05, 0) is 25.7 Å². The molecule has 0 saturated carbocycles. The van der Waals surface area contributed by atoms with Gasteiger partial charge in [-0.25, -0.2) is 4.79 Å². The number of ether oxygens (including phenoxy) is 1. The molecule has 1 aliphatic rings. The summed E-state index contributed by atoms with van der Waals surface area (Å²) in [6.07, 6.45) is 2.42. The third kappa shape index (κ3) is 3.68. The van der Waals surface area contributed by atoms with Crippen LogP contribution in [-0.4, -0.2) is 48.2 Å². The van der Waals surface area contributed by atoms with Gasteiger partial charge in [0.05, 0.1) is 6.61 Å².